The number of anilines is 1. The van der Waals surface area contributed by atoms with E-state index in [0.29, 0.717) is 5.69 Å². The summed E-state index contributed by atoms with van der Waals surface area (Å²) in [5, 5.41) is 2.50. The van der Waals surface area contributed by atoms with E-state index in [1.807, 2.05) is 6.92 Å². The summed E-state index contributed by atoms with van der Waals surface area (Å²) in [5.41, 5.74) is 0.824. The highest BCUT2D eigenvalue weighted by atomic mass is 79.9. The van der Waals surface area contributed by atoms with Gasteiger partial charge in [0.15, 0.2) is 5.65 Å². The van der Waals surface area contributed by atoms with Gasteiger partial charge in [0, 0.05) is 16.4 Å². The minimum absolute atomic E-state index is 0.00595. The van der Waals surface area contributed by atoms with Gasteiger partial charge in [-0.15, -0.1) is 0 Å². The van der Waals surface area contributed by atoms with E-state index in [0.717, 1.165) is 26.7 Å². The third-order valence-corrected chi connectivity index (χ3v) is 4.98. The molecule has 26 heavy (non-hydrogen) atoms. The number of nitrogens with zero attached hydrogens (tertiary/aromatic N) is 2. The fourth-order valence-corrected chi connectivity index (χ4v) is 3.06. The summed E-state index contributed by atoms with van der Waals surface area (Å²) < 4.78 is 41.2. The van der Waals surface area contributed by atoms with Crippen LogP contribution < -0.4 is 5.32 Å². The monoisotopic (exact) mass is 445 g/mol. The Morgan fingerprint density at radius 2 is 1.96 bits per heavy atom. The van der Waals surface area contributed by atoms with Gasteiger partial charge >= 0.3 is 6.18 Å². The van der Waals surface area contributed by atoms with Crippen molar-refractivity contribution < 1.29 is 18.0 Å². The van der Waals surface area contributed by atoms with Crippen LogP contribution >= 0.6 is 27.5 Å². The summed E-state index contributed by atoms with van der Waals surface area (Å²) in [5.74, 6) is -0.577. The van der Waals surface area contributed by atoms with Crippen LogP contribution in [-0.4, -0.2) is 15.3 Å². The zero-order chi connectivity index (χ0) is 19.2. The Hall–Kier alpha value is -2.06. The van der Waals surface area contributed by atoms with Crippen molar-refractivity contribution in [2.24, 2.45) is 0 Å². The first-order valence-electron chi connectivity index (χ1n) is 7.41. The third-order valence-electron chi connectivity index (χ3n) is 3.81. The number of carbonyl (C=O) groups is 1. The largest absolute Gasteiger partial charge is 0.417 e. The Bertz CT molecular complexity index is 1030. The lowest BCUT2D eigenvalue weighted by Gasteiger charge is -2.11. The van der Waals surface area contributed by atoms with Crippen LogP contribution in [0.15, 0.2) is 34.9 Å². The molecule has 0 radical (unpaired) electrons. The number of amides is 1. The molecule has 3 rings (SSSR count). The number of nitrogens with one attached hydrogen (secondary N) is 1. The molecule has 2 aromatic heterocycles. The molecule has 0 atom stereocenters. The standard InChI is InChI=1S/C17H12BrClF3N3O/c1-8-5-11(3-4-12(8)18)24-16(26)14-9(2)23-15-13(19)6-10(7-25(14)15)17(20,21)22/h3-7H,1-2H3,(H,24,26). The van der Waals surface area contributed by atoms with Crippen molar-refractivity contribution >= 4 is 44.8 Å². The lowest BCUT2D eigenvalue weighted by molar-refractivity contribution is -0.137. The number of imidazole rings is 1. The smallest absolute Gasteiger partial charge is 0.321 e. The van der Waals surface area contributed by atoms with Gasteiger partial charge in [-0.1, -0.05) is 27.5 Å². The minimum atomic E-state index is -4.59. The van der Waals surface area contributed by atoms with Crippen LogP contribution in [-0.2, 0) is 6.18 Å². The molecule has 136 valence electrons. The Labute approximate surface area is 160 Å². The zero-order valence-corrected chi connectivity index (χ0v) is 15.9. The topological polar surface area (TPSA) is 46.4 Å². The molecule has 3 aromatic rings. The maximum Gasteiger partial charge on any atom is 0.417 e. The quantitative estimate of drug-likeness (QED) is 0.554. The summed E-state index contributed by atoms with van der Waals surface area (Å²) >= 11 is 9.30. The fraction of sp³-hybridized carbons (Fsp3) is 0.176. The Morgan fingerprint density at radius 3 is 2.58 bits per heavy atom. The van der Waals surface area contributed by atoms with Crippen LogP contribution in [0.25, 0.3) is 5.65 Å². The molecular formula is C17H12BrClF3N3O. The average Bonchev–Trinajstić information content (AvgIpc) is 2.87. The SMILES string of the molecule is Cc1cc(NC(=O)c2c(C)nc3c(Cl)cc(C(F)(F)F)cn23)ccc1Br. The number of aromatic nitrogens is 2. The van der Waals surface area contributed by atoms with Gasteiger partial charge in [-0.3, -0.25) is 9.20 Å². The molecule has 1 amide bonds. The highest BCUT2D eigenvalue weighted by molar-refractivity contribution is 9.10. The fourth-order valence-electron chi connectivity index (χ4n) is 2.56. The molecule has 2 heterocycles. The molecule has 0 bridgehead atoms. The molecule has 0 aliphatic heterocycles. The van der Waals surface area contributed by atoms with E-state index in [1.165, 1.54) is 0 Å². The number of pyridine rings is 1. The van der Waals surface area contributed by atoms with Crippen molar-refractivity contribution in [3.8, 4) is 0 Å². The number of hydrogen-bond donors (Lipinski definition) is 1. The number of carbonyl (C=O) groups excluding carboxylic acids is 1. The van der Waals surface area contributed by atoms with Gasteiger partial charge in [-0.25, -0.2) is 4.98 Å². The lowest BCUT2D eigenvalue weighted by Crippen LogP contribution is -2.16. The number of benzene rings is 1. The summed E-state index contributed by atoms with van der Waals surface area (Å²) in [6, 6.07) is 5.99. The Kier molecular flexibility index (Phi) is 4.74. The predicted octanol–water partition coefficient (Wildman–Crippen LogP) is 5.64. The Morgan fingerprint density at radius 1 is 1.27 bits per heavy atom. The molecule has 1 N–H and O–H groups in total. The van der Waals surface area contributed by atoms with E-state index >= 15 is 0 Å². The summed E-state index contributed by atoms with van der Waals surface area (Å²) in [4.78, 5) is 16.8. The minimum Gasteiger partial charge on any atom is -0.321 e. The number of alkyl halides is 3. The van der Waals surface area contributed by atoms with Crippen LogP contribution in [0, 0.1) is 13.8 Å². The lowest BCUT2D eigenvalue weighted by atomic mass is 10.2. The highest BCUT2D eigenvalue weighted by Crippen LogP contribution is 2.33. The summed E-state index contributed by atoms with van der Waals surface area (Å²) in [6.07, 6.45) is -3.77. The first-order valence-corrected chi connectivity index (χ1v) is 8.58. The van der Waals surface area contributed by atoms with Gasteiger partial charge in [0.1, 0.15) is 5.69 Å². The molecule has 1 aromatic carbocycles. The highest BCUT2D eigenvalue weighted by Gasteiger charge is 2.33. The number of hydrogen-bond acceptors (Lipinski definition) is 2. The molecule has 0 aliphatic rings. The van der Waals surface area contributed by atoms with E-state index < -0.39 is 17.6 Å². The van der Waals surface area contributed by atoms with E-state index in [9.17, 15) is 18.0 Å². The summed E-state index contributed by atoms with van der Waals surface area (Å²) in [7, 11) is 0. The van der Waals surface area contributed by atoms with Gasteiger partial charge in [0.2, 0.25) is 0 Å². The van der Waals surface area contributed by atoms with Crippen molar-refractivity contribution in [3.63, 3.8) is 0 Å². The third kappa shape index (κ3) is 3.43. The molecule has 0 spiro atoms. The zero-order valence-electron chi connectivity index (χ0n) is 13.6. The number of halogens is 5. The second kappa shape index (κ2) is 6.59. The van der Waals surface area contributed by atoms with Crippen molar-refractivity contribution in [2.45, 2.75) is 20.0 Å². The van der Waals surface area contributed by atoms with E-state index in [4.69, 9.17) is 11.6 Å². The van der Waals surface area contributed by atoms with Crippen LogP contribution in [0.1, 0.15) is 27.3 Å². The molecule has 0 aliphatic carbocycles. The maximum atomic E-state index is 13.1. The molecule has 0 saturated heterocycles. The second-order valence-corrected chi connectivity index (χ2v) is 6.99. The predicted molar refractivity (Wildman–Crippen MR) is 96.8 cm³/mol. The summed E-state index contributed by atoms with van der Waals surface area (Å²) in [6.45, 7) is 3.40. The molecule has 4 nitrogen and oxygen atoms in total. The van der Waals surface area contributed by atoms with Crippen LogP contribution in [0.5, 0.6) is 0 Å². The van der Waals surface area contributed by atoms with Crippen molar-refractivity contribution in [2.75, 3.05) is 5.32 Å². The van der Waals surface area contributed by atoms with Crippen molar-refractivity contribution in [1.29, 1.82) is 0 Å². The molecular weight excluding hydrogens is 435 g/mol. The average molecular weight is 447 g/mol. The molecule has 0 fully saturated rings. The van der Waals surface area contributed by atoms with Crippen LogP contribution in [0.4, 0.5) is 18.9 Å². The first-order chi connectivity index (χ1) is 12.1. The van der Waals surface area contributed by atoms with E-state index in [1.54, 1.807) is 25.1 Å². The second-order valence-electron chi connectivity index (χ2n) is 5.73. The van der Waals surface area contributed by atoms with Crippen molar-refractivity contribution in [3.05, 3.63) is 62.5 Å². The number of fused-ring (bicyclic) bond motifs is 1. The van der Waals surface area contributed by atoms with Crippen molar-refractivity contribution in [1.82, 2.24) is 9.38 Å². The van der Waals surface area contributed by atoms with Gasteiger partial charge in [-0.2, -0.15) is 13.2 Å². The van der Waals surface area contributed by atoms with Gasteiger partial charge in [-0.05, 0) is 43.7 Å². The van der Waals surface area contributed by atoms with Gasteiger partial charge < -0.3 is 5.32 Å². The molecule has 0 unspecified atom stereocenters. The normalized spacial score (nSPS) is 11.8. The van der Waals surface area contributed by atoms with Crippen LogP contribution in [0.2, 0.25) is 5.02 Å². The number of rotatable bonds is 2. The maximum absolute atomic E-state index is 13.1. The Balaban J connectivity index is 2.08. The van der Waals surface area contributed by atoms with E-state index in [-0.39, 0.29) is 22.1 Å². The molecule has 0 saturated carbocycles. The van der Waals surface area contributed by atoms with Crippen LogP contribution in [0.3, 0.4) is 0 Å². The first kappa shape index (κ1) is 18.7. The van der Waals surface area contributed by atoms with Gasteiger partial charge in [0.05, 0.1) is 16.3 Å². The van der Waals surface area contributed by atoms with E-state index in [2.05, 4.69) is 26.2 Å². The number of aryl methyl sites for hydroxylation is 2. The van der Waals surface area contributed by atoms with Gasteiger partial charge in [0.25, 0.3) is 5.91 Å². The molecule has 9 heteroatoms.